The SMILES string of the molecule is COc1cc([C@@H]2c3cc4c(cc3[C@@H](NC(C(=O)OCCCCn3cc(F)c(=O)[nH]c3=O)C(C)Cc3ccccc3)[C@H]3COC(=O)[C@H]23)OCO4)cc(OC)c1O. The van der Waals surface area contributed by atoms with Gasteiger partial charge in [0.15, 0.2) is 23.0 Å². The number of rotatable bonds is 14. The zero-order chi connectivity index (χ0) is 38.8. The zero-order valence-corrected chi connectivity index (χ0v) is 30.5. The van der Waals surface area contributed by atoms with Crippen molar-refractivity contribution in [2.75, 3.05) is 34.2 Å². The van der Waals surface area contributed by atoms with Crippen LogP contribution in [0, 0.1) is 23.6 Å². The minimum atomic E-state index is -1.08. The number of aromatic amines is 1. The van der Waals surface area contributed by atoms with Gasteiger partial charge in [-0.05, 0) is 71.7 Å². The maximum Gasteiger partial charge on any atom is 0.328 e. The second kappa shape index (κ2) is 15.9. The van der Waals surface area contributed by atoms with Gasteiger partial charge in [-0.3, -0.25) is 29.3 Å². The van der Waals surface area contributed by atoms with Crippen molar-refractivity contribution in [1.82, 2.24) is 14.9 Å². The van der Waals surface area contributed by atoms with Crippen LogP contribution in [0.1, 0.15) is 54.0 Å². The van der Waals surface area contributed by atoms with Crippen LogP contribution in [0.25, 0.3) is 0 Å². The fourth-order valence-electron chi connectivity index (χ4n) is 7.93. The maximum absolute atomic E-state index is 14.1. The average Bonchev–Trinajstić information content (AvgIpc) is 3.80. The number of phenols is 1. The number of fused-ring (bicyclic) bond motifs is 3. The van der Waals surface area contributed by atoms with E-state index in [9.17, 15) is 28.7 Å². The lowest BCUT2D eigenvalue weighted by Crippen LogP contribution is -2.50. The topological polar surface area (TPSA) is 177 Å². The molecule has 55 heavy (non-hydrogen) atoms. The summed E-state index contributed by atoms with van der Waals surface area (Å²) in [5.74, 6) is -2.76. The molecule has 3 aliphatic rings. The number of cyclic esters (lactones) is 1. The highest BCUT2D eigenvalue weighted by atomic mass is 19.1. The molecule has 14 nitrogen and oxygen atoms in total. The van der Waals surface area contributed by atoms with Gasteiger partial charge in [0.05, 0.1) is 39.5 Å². The van der Waals surface area contributed by atoms with Crippen molar-refractivity contribution in [3.8, 4) is 28.7 Å². The van der Waals surface area contributed by atoms with Gasteiger partial charge in [-0.25, -0.2) is 4.79 Å². The Balaban J connectivity index is 1.20. The van der Waals surface area contributed by atoms with Crippen LogP contribution in [0.4, 0.5) is 4.39 Å². The lowest BCUT2D eigenvalue weighted by atomic mass is 9.65. The predicted octanol–water partition coefficient (Wildman–Crippen LogP) is 3.96. The van der Waals surface area contributed by atoms with Gasteiger partial charge in [0.1, 0.15) is 6.04 Å². The summed E-state index contributed by atoms with van der Waals surface area (Å²) >= 11 is 0. The van der Waals surface area contributed by atoms with Crippen LogP contribution < -0.4 is 35.5 Å². The number of hydrogen-bond donors (Lipinski definition) is 3. The number of phenolic OH excluding ortho intramolecular Hbond substituents is 1. The number of carbonyl (C=O) groups excluding carboxylic acids is 2. The van der Waals surface area contributed by atoms with E-state index in [1.54, 1.807) is 12.1 Å². The van der Waals surface area contributed by atoms with Crippen molar-refractivity contribution in [1.29, 1.82) is 0 Å². The van der Waals surface area contributed by atoms with Gasteiger partial charge >= 0.3 is 17.6 Å². The second-order valence-electron chi connectivity index (χ2n) is 14.0. The second-order valence-corrected chi connectivity index (χ2v) is 14.0. The molecule has 3 aromatic carbocycles. The van der Waals surface area contributed by atoms with E-state index in [-0.39, 0.29) is 49.7 Å². The number of methoxy groups -OCH3 is 2. The molecule has 15 heteroatoms. The Hall–Kier alpha value is -5.83. The first kappa shape index (κ1) is 37.5. The third-order valence-corrected chi connectivity index (χ3v) is 10.6. The molecule has 0 saturated carbocycles. The molecule has 0 spiro atoms. The number of aryl methyl sites for hydroxylation is 1. The van der Waals surface area contributed by atoms with Gasteiger partial charge in [0, 0.05) is 24.4 Å². The van der Waals surface area contributed by atoms with Gasteiger partial charge in [-0.2, -0.15) is 4.39 Å². The number of aromatic nitrogens is 2. The molecule has 3 heterocycles. The predicted molar refractivity (Wildman–Crippen MR) is 194 cm³/mol. The Morgan fingerprint density at radius 1 is 1.00 bits per heavy atom. The number of halogens is 1. The molecule has 0 radical (unpaired) electrons. The van der Waals surface area contributed by atoms with E-state index in [1.807, 2.05) is 54.4 Å². The summed E-state index contributed by atoms with van der Waals surface area (Å²) in [5, 5.41) is 14.3. The molecule has 2 aliphatic heterocycles. The molecule has 1 saturated heterocycles. The van der Waals surface area contributed by atoms with Crippen LogP contribution >= 0.6 is 0 Å². The molecule has 1 aromatic heterocycles. The van der Waals surface area contributed by atoms with Crippen molar-refractivity contribution >= 4 is 11.9 Å². The van der Waals surface area contributed by atoms with Crippen molar-refractivity contribution in [3.05, 3.63) is 110 Å². The lowest BCUT2D eigenvalue weighted by Gasteiger charge is -2.41. The molecule has 4 aromatic rings. The molecule has 0 amide bonds. The van der Waals surface area contributed by atoms with Crippen LogP contribution in [-0.4, -0.2) is 66.9 Å². The van der Waals surface area contributed by atoms with Gasteiger partial charge < -0.3 is 33.5 Å². The van der Waals surface area contributed by atoms with Gasteiger partial charge in [0.25, 0.3) is 5.56 Å². The number of unbranched alkanes of at least 4 members (excludes halogenated alkanes) is 1. The third kappa shape index (κ3) is 7.48. The van der Waals surface area contributed by atoms with Crippen molar-refractivity contribution in [2.45, 2.75) is 50.7 Å². The Kier molecular flexibility index (Phi) is 10.8. The lowest BCUT2D eigenvalue weighted by molar-refractivity contribution is -0.148. The van der Waals surface area contributed by atoms with Crippen LogP contribution in [0.3, 0.4) is 0 Å². The van der Waals surface area contributed by atoms with E-state index in [4.69, 9.17) is 28.4 Å². The fraction of sp³-hybridized carbons (Fsp3) is 0.400. The van der Waals surface area contributed by atoms with Crippen LogP contribution in [0.5, 0.6) is 28.7 Å². The van der Waals surface area contributed by atoms with E-state index in [0.717, 1.165) is 27.5 Å². The standard InChI is InChI=1S/C40H42FN3O11/c1-21(13-22-9-5-4-6-10-22)34(39(48)52-12-8-7-11-44-18-27(41)37(46)43-40(44)49)42-35-25-17-29-28(54-20-55-29)16-24(25)32(33-26(35)19-53-38(33)47)23-14-30(50-2)36(45)31(15-23)51-3/h4-6,9-10,14-18,21,26,32-35,42,45H,7-8,11-13,19-20H2,1-3H3,(H,43,46,49)/t21?,26-,32+,33-,34?,35+/m0/s1. The minimum absolute atomic E-state index is 0.0194. The smallest absolute Gasteiger partial charge is 0.328 e. The number of nitrogens with one attached hydrogen (secondary N) is 2. The largest absolute Gasteiger partial charge is 0.502 e. The normalized spacial score (nSPS) is 20.5. The van der Waals surface area contributed by atoms with E-state index in [2.05, 4.69) is 5.32 Å². The van der Waals surface area contributed by atoms with Crippen LogP contribution in [0.2, 0.25) is 0 Å². The summed E-state index contributed by atoms with van der Waals surface area (Å²) < 4.78 is 49.0. The first-order valence-corrected chi connectivity index (χ1v) is 18.1. The number of benzene rings is 3. The first-order chi connectivity index (χ1) is 26.6. The molecule has 6 atom stereocenters. The number of esters is 2. The first-order valence-electron chi connectivity index (χ1n) is 18.1. The minimum Gasteiger partial charge on any atom is -0.502 e. The van der Waals surface area contributed by atoms with E-state index >= 15 is 0 Å². The summed E-state index contributed by atoms with van der Waals surface area (Å²) in [6, 6.07) is 15.4. The summed E-state index contributed by atoms with van der Waals surface area (Å²) in [5.41, 5.74) is 1.39. The van der Waals surface area contributed by atoms with E-state index < -0.39 is 58.8 Å². The summed E-state index contributed by atoms with van der Waals surface area (Å²) in [6.45, 7) is 2.19. The van der Waals surface area contributed by atoms with Crippen molar-refractivity contribution < 1.29 is 47.5 Å². The summed E-state index contributed by atoms with van der Waals surface area (Å²) in [4.78, 5) is 53.3. The van der Waals surface area contributed by atoms with Crippen molar-refractivity contribution in [3.63, 3.8) is 0 Å². The van der Waals surface area contributed by atoms with E-state index in [1.165, 1.54) is 14.2 Å². The molecule has 290 valence electrons. The Morgan fingerprint density at radius 3 is 2.38 bits per heavy atom. The highest BCUT2D eigenvalue weighted by Crippen LogP contribution is 2.55. The molecule has 0 bridgehead atoms. The molecular weight excluding hydrogens is 717 g/mol. The number of hydrogen-bond acceptors (Lipinski definition) is 12. The molecular formula is C40H42FN3O11. The quantitative estimate of drug-likeness (QED) is 0.125. The Bertz CT molecular complexity index is 2160. The Morgan fingerprint density at radius 2 is 1.69 bits per heavy atom. The third-order valence-electron chi connectivity index (χ3n) is 10.6. The molecule has 2 unspecified atom stereocenters. The monoisotopic (exact) mass is 759 g/mol. The number of ether oxygens (including phenoxy) is 6. The van der Waals surface area contributed by atoms with Gasteiger partial charge in [-0.15, -0.1) is 0 Å². The number of nitrogens with zero attached hydrogens (tertiary/aromatic N) is 1. The van der Waals surface area contributed by atoms with Crippen LogP contribution in [0.15, 0.2) is 70.4 Å². The number of aromatic hydroxyl groups is 1. The van der Waals surface area contributed by atoms with E-state index in [0.29, 0.717) is 36.3 Å². The van der Waals surface area contributed by atoms with Gasteiger partial charge in [0.2, 0.25) is 18.4 Å². The number of carbonyl (C=O) groups is 2. The summed E-state index contributed by atoms with van der Waals surface area (Å²) in [6.07, 6.45) is 2.13. The molecule has 7 rings (SSSR count). The highest BCUT2D eigenvalue weighted by molar-refractivity contribution is 5.80. The fourth-order valence-corrected chi connectivity index (χ4v) is 7.93. The molecule has 1 aliphatic carbocycles. The maximum atomic E-state index is 14.1. The van der Waals surface area contributed by atoms with Crippen molar-refractivity contribution in [2.24, 2.45) is 17.8 Å². The van der Waals surface area contributed by atoms with Crippen LogP contribution in [-0.2, 0) is 32.0 Å². The average molecular weight is 760 g/mol. The molecule has 3 N–H and O–H groups in total. The molecule has 1 fully saturated rings. The Labute approximate surface area is 315 Å². The number of H-pyrrole nitrogens is 1. The zero-order valence-electron chi connectivity index (χ0n) is 30.5. The van der Waals surface area contributed by atoms with Gasteiger partial charge in [-0.1, -0.05) is 37.3 Å². The summed E-state index contributed by atoms with van der Waals surface area (Å²) in [7, 11) is 2.87. The highest BCUT2D eigenvalue weighted by Gasteiger charge is 2.53.